The van der Waals surface area contributed by atoms with Gasteiger partial charge in [0.25, 0.3) is 0 Å². The van der Waals surface area contributed by atoms with Crippen LogP contribution in [0.2, 0.25) is 0 Å². The number of benzene rings is 1. The maximum Gasteiger partial charge on any atom is 0.328 e. The Morgan fingerprint density at radius 2 is 2.11 bits per heavy atom. The van der Waals surface area contributed by atoms with E-state index in [0.717, 1.165) is 16.9 Å². The summed E-state index contributed by atoms with van der Waals surface area (Å²) in [6.07, 6.45) is 11.0. The lowest BCUT2D eigenvalue weighted by Crippen LogP contribution is -1.90. The normalized spacial score (nSPS) is 11.1. The smallest absolute Gasteiger partial charge is 0.328 e. The Morgan fingerprint density at radius 1 is 1.32 bits per heavy atom. The summed E-state index contributed by atoms with van der Waals surface area (Å²) in [5, 5.41) is 8.71. The van der Waals surface area contributed by atoms with Crippen LogP contribution in [0.5, 0.6) is 0 Å². The molecule has 0 aliphatic carbocycles. The third kappa shape index (κ3) is 5.97. The zero-order chi connectivity index (χ0) is 14.1. The second kappa shape index (κ2) is 8.81. The fourth-order valence-corrected chi connectivity index (χ4v) is 2.55. The van der Waals surface area contributed by atoms with Crippen molar-refractivity contribution in [1.82, 2.24) is 0 Å². The average Bonchev–Trinajstić information content (AvgIpc) is 2.41. The van der Waals surface area contributed by atoms with Gasteiger partial charge in [-0.15, -0.1) is 11.8 Å². The van der Waals surface area contributed by atoms with Gasteiger partial charge in [0.15, 0.2) is 0 Å². The molecule has 0 aromatic heterocycles. The Bertz CT molecular complexity index is 438. The highest BCUT2D eigenvalue weighted by Gasteiger charge is 2.02. The molecule has 104 valence electrons. The van der Waals surface area contributed by atoms with Gasteiger partial charge in [-0.25, -0.2) is 4.79 Å². The van der Waals surface area contributed by atoms with Crippen LogP contribution in [0.25, 0.3) is 6.08 Å². The summed E-state index contributed by atoms with van der Waals surface area (Å²) >= 11 is 1.64. The average molecular weight is 278 g/mol. The number of hydrogen-bond acceptors (Lipinski definition) is 2. The number of thioether (sulfide) groups is 1. The van der Waals surface area contributed by atoms with E-state index in [9.17, 15) is 4.79 Å². The Kier molecular flexibility index (Phi) is 7.34. The third-order valence-corrected chi connectivity index (χ3v) is 3.83. The summed E-state index contributed by atoms with van der Waals surface area (Å²) in [7, 11) is 0. The van der Waals surface area contributed by atoms with Gasteiger partial charge in [0.05, 0.1) is 0 Å². The van der Waals surface area contributed by atoms with E-state index in [0.29, 0.717) is 0 Å². The van der Waals surface area contributed by atoms with Gasteiger partial charge in [-0.2, -0.15) is 0 Å². The summed E-state index contributed by atoms with van der Waals surface area (Å²) in [4.78, 5) is 11.7. The van der Waals surface area contributed by atoms with Gasteiger partial charge in [0.1, 0.15) is 0 Å². The number of carboxylic acids is 1. The van der Waals surface area contributed by atoms with Gasteiger partial charge in [-0.05, 0) is 42.4 Å². The van der Waals surface area contributed by atoms with Crippen molar-refractivity contribution in [2.24, 2.45) is 0 Å². The van der Waals surface area contributed by atoms with Crippen molar-refractivity contribution in [2.45, 2.75) is 43.9 Å². The maximum atomic E-state index is 10.6. The second-order valence-corrected chi connectivity index (χ2v) is 5.41. The summed E-state index contributed by atoms with van der Waals surface area (Å²) in [5.41, 5.74) is 2.29. The largest absolute Gasteiger partial charge is 0.478 e. The first-order chi connectivity index (χ1) is 9.17. The molecule has 0 aliphatic heterocycles. The van der Waals surface area contributed by atoms with Crippen LogP contribution in [0.15, 0.2) is 29.2 Å². The van der Waals surface area contributed by atoms with Gasteiger partial charge in [-0.1, -0.05) is 38.3 Å². The third-order valence-electron chi connectivity index (χ3n) is 3.02. The molecule has 0 fully saturated rings. The molecule has 0 heterocycles. The summed E-state index contributed by atoms with van der Waals surface area (Å²) in [5.74, 6) is -0.902. The van der Waals surface area contributed by atoms with Gasteiger partial charge < -0.3 is 5.11 Å². The molecule has 0 bridgehead atoms. The van der Waals surface area contributed by atoms with Crippen molar-refractivity contribution in [2.75, 3.05) is 6.26 Å². The number of unbranched alkanes of at least 4 members (excludes halogenated alkanes) is 3. The van der Waals surface area contributed by atoms with Gasteiger partial charge >= 0.3 is 5.97 Å². The first kappa shape index (κ1) is 15.8. The van der Waals surface area contributed by atoms with E-state index in [4.69, 9.17) is 5.11 Å². The number of hydrogen-bond donors (Lipinski definition) is 1. The van der Waals surface area contributed by atoms with E-state index in [1.807, 2.05) is 6.26 Å². The predicted molar refractivity (Wildman–Crippen MR) is 82.7 cm³/mol. The summed E-state index contributed by atoms with van der Waals surface area (Å²) in [6, 6.07) is 6.34. The minimum absolute atomic E-state index is 0.902. The molecular weight excluding hydrogens is 256 g/mol. The van der Waals surface area contributed by atoms with Crippen molar-refractivity contribution in [3.8, 4) is 0 Å². The number of carboxylic acid groups (broad SMARTS) is 1. The van der Waals surface area contributed by atoms with E-state index >= 15 is 0 Å². The molecule has 0 atom stereocenters. The molecule has 1 aromatic rings. The number of aliphatic carboxylic acids is 1. The second-order valence-electron chi connectivity index (χ2n) is 4.56. The predicted octanol–water partition coefficient (Wildman–Crippen LogP) is 4.63. The van der Waals surface area contributed by atoms with E-state index in [2.05, 4.69) is 25.1 Å². The fraction of sp³-hybridized carbons (Fsp3) is 0.438. The number of carbonyl (C=O) groups is 1. The van der Waals surface area contributed by atoms with Crippen molar-refractivity contribution in [3.63, 3.8) is 0 Å². The van der Waals surface area contributed by atoms with Crippen LogP contribution in [0, 0.1) is 0 Å². The van der Waals surface area contributed by atoms with Crippen LogP contribution in [0.4, 0.5) is 0 Å². The lowest BCUT2D eigenvalue weighted by atomic mass is 10.0. The Balaban J connectivity index is 2.74. The Hall–Kier alpha value is -1.22. The van der Waals surface area contributed by atoms with Crippen LogP contribution in [0.3, 0.4) is 0 Å². The molecule has 0 saturated carbocycles. The van der Waals surface area contributed by atoms with Gasteiger partial charge in [0.2, 0.25) is 0 Å². The van der Waals surface area contributed by atoms with Crippen molar-refractivity contribution >= 4 is 23.8 Å². The molecule has 3 heteroatoms. The molecule has 0 aliphatic rings. The zero-order valence-electron chi connectivity index (χ0n) is 11.7. The van der Waals surface area contributed by atoms with Crippen LogP contribution < -0.4 is 0 Å². The van der Waals surface area contributed by atoms with Gasteiger partial charge in [-0.3, -0.25) is 0 Å². The molecule has 1 aromatic carbocycles. The molecule has 0 amide bonds. The molecule has 0 saturated heterocycles. The van der Waals surface area contributed by atoms with Crippen molar-refractivity contribution in [3.05, 3.63) is 35.4 Å². The minimum Gasteiger partial charge on any atom is -0.478 e. The van der Waals surface area contributed by atoms with Crippen LogP contribution in [-0.4, -0.2) is 17.3 Å². The molecule has 2 nitrogen and oxygen atoms in total. The van der Waals surface area contributed by atoms with Gasteiger partial charge in [0, 0.05) is 11.0 Å². The minimum atomic E-state index is -0.902. The highest BCUT2D eigenvalue weighted by Crippen LogP contribution is 2.23. The van der Waals surface area contributed by atoms with Crippen LogP contribution >= 0.6 is 11.8 Å². The lowest BCUT2D eigenvalue weighted by Gasteiger charge is -2.07. The topological polar surface area (TPSA) is 37.3 Å². The zero-order valence-corrected chi connectivity index (χ0v) is 12.5. The molecular formula is C16H22O2S. The quantitative estimate of drug-likeness (QED) is 0.428. The first-order valence-corrected chi connectivity index (χ1v) is 7.97. The standard InChI is InChI=1S/C16H22O2S/c1-3-4-5-6-7-13-8-10-15(19-2)14(12-13)9-11-16(17)18/h8-12H,3-7H2,1-2H3,(H,17,18). The van der Waals surface area contributed by atoms with E-state index in [1.165, 1.54) is 37.3 Å². The molecule has 19 heavy (non-hydrogen) atoms. The van der Waals surface area contributed by atoms with E-state index in [1.54, 1.807) is 17.8 Å². The van der Waals surface area contributed by atoms with Crippen molar-refractivity contribution < 1.29 is 9.90 Å². The SMILES string of the molecule is CCCCCCc1ccc(SC)c(C=CC(=O)O)c1. The summed E-state index contributed by atoms with van der Waals surface area (Å²) in [6.45, 7) is 2.21. The summed E-state index contributed by atoms with van der Waals surface area (Å²) < 4.78 is 0. The Labute approximate surface area is 119 Å². The molecule has 0 unspecified atom stereocenters. The lowest BCUT2D eigenvalue weighted by molar-refractivity contribution is -0.131. The molecule has 0 spiro atoms. The molecule has 1 N–H and O–H groups in total. The monoisotopic (exact) mass is 278 g/mol. The van der Waals surface area contributed by atoms with Crippen molar-refractivity contribution in [1.29, 1.82) is 0 Å². The first-order valence-electron chi connectivity index (χ1n) is 6.75. The van der Waals surface area contributed by atoms with E-state index in [-0.39, 0.29) is 0 Å². The highest BCUT2D eigenvalue weighted by molar-refractivity contribution is 7.98. The fourth-order valence-electron chi connectivity index (χ4n) is 1.99. The number of aryl methyl sites for hydroxylation is 1. The van der Waals surface area contributed by atoms with Crippen LogP contribution in [-0.2, 0) is 11.2 Å². The molecule has 1 rings (SSSR count). The maximum absolute atomic E-state index is 10.6. The Morgan fingerprint density at radius 3 is 2.74 bits per heavy atom. The van der Waals surface area contributed by atoms with E-state index < -0.39 is 5.97 Å². The number of rotatable bonds is 8. The van der Waals surface area contributed by atoms with Crippen LogP contribution in [0.1, 0.15) is 43.7 Å². The molecule has 0 radical (unpaired) electrons. The highest BCUT2D eigenvalue weighted by atomic mass is 32.2.